The van der Waals surface area contributed by atoms with E-state index in [2.05, 4.69) is 56.4 Å². The van der Waals surface area contributed by atoms with Crippen molar-refractivity contribution in [3.05, 3.63) is 51.7 Å². The van der Waals surface area contributed by atoms with Crippen LogP contribution >= 0.6 is 11.3 Å². The maximum atomic E-state index is 5.27. The van der Waals surface area contributed by atoms with Crippen LogP contribution in [0.25, 0.3) is 0 Å². The molecule has 0 aliphatic heterocycles. The molecule has 2 nitrogen and oxygen atoms in total. The van der Waals surface area contributed by atoms with Gasteiger partial charge in [0, 0.05) is 10.3 Å². The van der Waals surface area contributed by atoms with Gasteiger partial charge in [0.05, 0.1) is 13.2 Å². The molecule has 2 rings (SSSR count). The number of benzene rings is 1. The van der Waals surface area contributed by atoms with E-state index in [-0.39, 0.29) is 11.5 Å². The van der Waals surface area contributed by atoms with Crippen molar-refractivity contribution in [2.24, 2.45) is 0 Å². The van der Waals surface area contributed by atoms with Gasteiger partial charge in [-0.25, -0.2) is 0 Å². The highest BCUT2D eigenvalue weighted by atomic mass is 32.1. The monoisotopic (exact) mass is 289 g/mol. The van der Waals surface area contributed by atoms with Crippen LogP contribution in [0.5, 0.6) is 5.75 Å². The van der Waals surface area contributed by atoms with E-state index in [1.165, 1.54) is 16.0 Å². The quantitative estimate of drug-likeness (QED) is 0.903. The van der Waals surface area contributed by atoms with Crippen LogP contribution in [0.3, 0.4) is 0 Å². The zero-order valence-electron chi connectivity index (χ0n) is 12.9. The van der Waals surface area contributed by atoms with Crippen molar-refractivity contribution >= 4 is 11.3 Å². The molecule has 108 valence electrons. The molecule has 0 saturated heterocycles. The lowest BCUT2D eigenvalue weighted by Gasteiger charge is -2.21. The van der Waals surface area contributed by atoms with E-state index in [0.717, 1.165) is 5.75 Å². The topological polar surface area (TPSA) is 21.3 Å². The zero-order valence-corrected chi connectivity index (χ0v) is 13.7. The molecule has 1 atom stereocenters. The Bertz CT molecular complexity index is 551. The maximum absolute atomic E-state index is 5.27. The third kappa shape index (κ3) is 3.22. The standard InChI is InChI=1S/C17H23NOS/c1-17(2,3)13-8-6-12(7-9-13)16(18-4)15-10-14(19-5)11-20-15/h6-11,16,18H,1-5H3. The molecule has 20 heavy (non-hydrogen) atoms. The molecule has 1 aromatic heterocycles. The Hall–Kier alpha value is -1.32. The normalized spacial score (nSPS) is 13.2. The molecule has 0 aliphatic rings. The predicted octanol–water partition coefficient (Wildman–Crippen LogP) is 4.36. The highest BCUT2D eigenvalue weighted by molar-refractivity contribution is 7.10. The molecule has 0 aliphatic carbocycles. The lowest BCUT2D eigenvalue weighted by Crippen LogP contribution is -2.17. The first-order valence-corrected chi connectivity index (χ1v) is 7.74. The highest BCUT2D eigenvalue weighted by Gasteiger charge is 2.17. The summed E-state index contributed by atoms with van der Waals surface area (Å²) < 4.78 is 5.27. The van der Waals surface area contributed by atoms with Gasteiger partial charge in [-0.2, -0.15) is 0 Å². The maximum Gasteiger partial charge on any atom is 0.129 e. The van der Waals surface area contributed by atoms with E-state index >= 15 is 0 Å². The molecule has 1 heterocycles. The predicted molar refractivity (Wildman–Crippen MR) is 86.9 cm³/mol. The Morgan fingerprint density at radius 1 is 1.15 bits per heavy atom. The Balaban J connectivity index is 2.28. The summed E-state index contributed by atoms with van der Waals surface area (Å²) in [5.41, 5.74) is 2.84. The van der Waals surface area contributed by atoms with E-state index in [1.807, 2.05) is 12.4 Å². The van der Waals surface area contributed by atoms with Crippen LogP contribution < -0.4 is 10.1 Å². The van der Waals surface area contributed by atoms with Crippen molar-refractivity contribution in [3.8, 4) is 5.75 Å². The number of methoxy groups -OCH3 is 1. The van der Waals surface area contributed by atoms with Crippen LogP contribution in [0.1, 0.15) is 42.8 Å². The van der Waals surface area contributed by atoms with Gasteiger partial charge in [0.25, 0.3) is 0 Å². The number of nitrogens with one attached hydrogen (secondary N) is 1. The molecule has 1 unspecified atom stereocenters. The van der Waals surface area contributed by atoms with Crippen molar-refractivity contribution < 1.29 is 4.74 Å². The van der Waals surface area contributed by atoms with E-state index in [9.17, 15) is 0 Å². The molecule has 0 fully saturated rings. The summed E-state index contributed by atoms with van der Waals surface area (Å²) in [6.07, 6.45) is 0. The number of thiophene rings is 1. The number of hydrogen-bond donors (Lipinski definition) is 1. The summed E-state index contributed by atoms with van der Waals surface area (Å²) in [4.78, 5) is 1.27. The van der Waals surface area contributed by atoms with Crippen molar-refractivity contribution in [1.29, 1.82) is 0 Å². The Morgan fingerprint density at radius 3 is 2.25 bits per heavy atom. The van der Waals surface area contributed by atoms with Crippen LogP contribution in [0.2, 0.25) is 0 Å². The lowest BCUT2D eigenvalue weighted by atomic mass is 9.86. The second-order valence-electron chi connectivity index (χ2n) is 5.98. The first kappa shape index (κ1) is 15.1. The molecule has 0 spiro atoms. The average molecular weight is 289 g/mol. The van der Waals surface area contributed by atoms with Crippen molar-refractivity contribution in [2.75, 3.05) is 14.2 Å². The fraction of sp³-hybridized carbons (Fsp3) is 0.412. The highest BCUT2D eigenvalue weighted by Crippen LogP contribution is 2.32. The number of rotatable bonds is 4. The average Bonchev–Trinajstić information content (AvgIpc) is 2.88. The summed E-state index contributed by atoms with van der Waals surface area (Å²) in [6.45, 7) is 6.71. The minimum absolute atomic E-state index is 0.194. The first-order chi connectivity index (χ1) is 9.45. The minimum Gasteiger partial charge on any atom is -0.496 e. The lowest BCUT2D eigenvalue weighted by molar-refractivity contribution is 0.416. The second kappa shape index (κ2) is 5.98. The van der Waals surface area contributed by atoms with Gasteiger partial charge in [0.1, 0.15) is 5.75 Å². The number of ether oxygens (including phenoxy) is 1. The van der Waals surface area contributed by atoms with Gasteiger partial charge in [-0.05, 0) is 29.7 Å². The fourth-order valence-corrected chi connectivity index (χ4v) is 3.23. The smallest absolute Gasteiger partial charge is 0.129 e. The second-order valence-corrected chi connectivity index (χ2v) is 6.93. The van der Waals surface area contributed by atoms with Gasteiger partial charge in [-0.3, -0.25) is 0 Å². The molecular weight excluding hydrogens is 266 g/mol. The van der Waals surface area contributed by atoms with Crippen molar-refractivity contribution in [3.63, 3.8) is 0 Å². The van der Waals surface area contributed by atoms with Crippen LogP contribution in [0.4, 0.5) is 0 Å². The van der Waals surface area contributed by atoms with Crippen LogP contribution in [0, 0.1) is 0 Å². The SMILES string of the molecule is CNC(c1ccc(C(C)(C)C)cc1)c1cc(OC)cs1. The molecule has 0 bridgehead atoms. The summed E-state index contributed by atoms with van der Waals surface area (Å²) in [5.74, 6) is 0.927. The third-order valence-corrected chi connectivity index (χ3v) is 4.49. The van der Waals surface area contributed by atoms with E-state index in [1.54, 1.807) is 18.4 Å². The summed E-state index contributed by atoms with van der Waals surface area (Å²) in [6, 6.07) is 11.2. The van der Waals surface area contributed by atoms with Gasteiger partial charge in [-0.1, -0.05) is 45.0 Å². The summed E-state index contributed by atoms with van der Waals surface area (Å²) >= 11 is 1.72. The van der Waals surface area contributed by atoms with Crippen LogP contribution in [-0.4, -0.2) is 14.2 Å². The molecule has 0 radical (unpaired) electrons. The van der Waals surface area contributed by atoms with Gasteiger partial charge < -0.3 is 10.1 Å². The van der Waals surface area contributed by atoms with Gasteiger partial charge in [0.15, 0.2) is 0 Å². The van der Waals surface area contributed by atoms with E-state index in [4.69, 9.17) is 4.74 Å². The first-order valence-electron chi connectivity index (χ1n) is 6.86. The van der Waals surface area contributed by atoms with Crippen LogP contribution in [-0.2, 0) is 5.41 Å². The van der Waals surface area contributed by atoms with Crippen molar-refractivity contribution in [1.82, 2.24) is 5.32 Å². The van der Waals surface area contributed by atoms with Gasteiger partial charge in [0.2, 0.25) is 0 Å². The van der Waals surface area contributed by atoms with E-state index in [0.29, 0.717) is 0 Å². The summed E-state index contributed by atoms with van der Waals surface area (Å²) in [7, 11) is 3.70. The Kier molecular flexibility index (Phi) is 4.51. The van der Waals surface area contributed by atoms with Crippen LogP contribution in [0.15, 0.2) is 35.7 Å². The minimum atomic E-state index is 0.194. The molecule has 1 aromatic carbocycles. The molecule has 0 amide bonds. The molecule has 1 N–H and O–H groups in total. The van der Waals surface area contributed by atoms with Gasteiger partial charge >= 0.3 is 0 Å². The van der Waals surface area contributed by atoms with Crippen molar-refractivity contribution in [2.45, 2.75) is 32.2 Å². The Morgan fingerprint density at radius 2 is 1.80 bits per heavy atom. The molecular formula is C17H23NOS. The molecule has 0 saturated carbocycles. The largest absolute Gasteiger partial charge is 0.496 e. The fourth-order valence-electron chi connectivity index (χ4n) is 2.24. The Labute approximate surface area is 125 Å². The van der Waals surface area contributed by atoms with Gasteiger partial charge in [-0.15, -0.1) is 11.3 Å². The third-order valence-electron chi connectivity index (χ3n) is 3.51. The molecule has 3 heteroatoms. The summed E-state index contributed by atoms with van der Waals surface area (Å²) in [5, 5.41) is 5.43. The van der Waals surface area contributed by atoms with E-state index < -0.39 is 0 Å². The molecule has 2 aromatic rings. The zero-order chi connectivity index (χ0) is 14.8. The number of hydrogen-bond acceptors (Lipinski definition) is 3.